The van der Waals surface area contributed by atoms with Gasteiger partial charge in [-0.1, -0.05) is 19.4 Å². The standard InChI is InChI=1S/C16H22N2O/c1-16(6-2-7-16)11-18-15(19)13-4-3-12-5-8-17-10-14(12)9-13/h3-4,9,17H,2,5-8,10-11H2,1H3,(H,18,19). The molecule has 1 saturated carbocycles. The summed E-state index contributed by atoms with van der Waals surface area (Å²) in [4.78, 5) is 12.2. The summed E-state index contributed by atoms with van der Waals surface area (Å²) in [6, 6.07) is 6.11. The molecule has 3 nitrogen and oxygen atoms in total. The highest BCUT2D eigenvalue weighted by atomic mass is 16.1. The van der Waals surface area contributed by atoms with Crippen molar-refractivity contribution >= 4 is 5.91 Å². The van der Waals surface area contributed by atoms with Gasteiger partial charge < -0.3 is 10.6 Å². The quantitative estimate of drug-likeness (QED) is 0.873. The Balaban J connectivity index is 1.66. The fourth-order valence-electron chi connectivity index (χ4n) is 2.97. The Bertz CT molecular complexity index is 492. The fourth-order valence-corrected chi connectivity index (χ4v) is 2.97. The van der Waals surface area contributed by atoms with E-state index in [2.05, 4.69) is 23.6 Å². The van der Waals surface area contributed by atoms with Crippen molar-refractivity contribution in [3.63, 3.8) is 0 Å². The van der Waals surface area contributed by atoms with Gasteiger partial charge in [-0.15, -0.1) is 0 Å². The summed E-state index contributed by atoms with van der Waals surface area (Å²) in [5.41, 5.74) is 3.78. The zero-order chi connectivity index (χ0) is 13.3. The summed E-state index contributed by atoms with van der Waals surface area (Å²) < 4.78 is 0. The lowest BCUT2D eigenvalue weighted by molar-refractivity contribution is 0.0890. The highest BCUT2D eigenvalue weighted by Crippen LogP contribution is 2.39. The predicted molar refractivity (Wildman–Crippen MR) is 76.1 cm³/mol. The number of carbonyl (C=O) groups excluding carboxylic acids is 1. The molecule has 3 heteroatoms. The molecular weight excluding hydrogens is 236 g/mol. The van der Waals surface area contributed by atoms with E-state index in [1.165, 1.54) is 30.4 Å². The number of nitrogens with one attached hydrogen (secondary N) is 2. The van der Waals surface area contributed by atoms with Gasteiger partial charge in [0, 0.05) is 18.7 Å². The van der Waals surface area contributed by atoms with Crippen molar-refractivity contribution in [2.75, 3.05) is 13.1 Å². The van der Waals surface area contributed by atoms with E-state index >= 15 is 0 Å². The highest BCUT2D eigenvalue weighted by Gasteiger charge is 2.31. The Morgan fingerprint density at radius 2 is 2.21 bits per heavy atom. The average molecular weight is 258 g/mol. The molecule has 0 unspecified atom stereocenters. The van der Waals surface area contributed by atoms with Crippen LogP contribution >= 0.6 is 0 Å². The first-order chi connectivity index (χ1) is 9.16. The van der Waals surface area contributed by atoms with Gasteiger partial charge in [0.2, 0.25) is 0 Å². The molecule has 19 heavy (non-hydrogen) atoms. The van der Waals surface area contributed by atoms with Gasteiger partial charge in [0.25, 0.3) is 5.91 Å². The zero-order valence-corrected chi connectivity index (χ0v) is 11.6. The number of hydrogen-bond acceptors (Lipinski definition) is 2. The number of hydrogen-bond donors (Lipinski definition) is 2. The Hall–Kier alpha value is -1.35. The Morgan fingerprint density at radius 3 is 2.95 bits per heavy atom. The van der Waals surface area contributed by atoms with E-state index in [-0.39, 0.29) is 5.91 Å². The zero-order valence-electron chi connectivity index (χ0n) is 11.6. The molecule has 1 heterocycles. The van der Waals surface area contributed by atoms with Gasteiger partial charge in [-0.25, -0.2) is 0 Å². The van der Waals surface area contributed by atoms with E-state index in [1.54, 1.807) is 0 Å². The maximum atomic E-state index is 12.2. The second-order valence-electron chi connectivity index (χ2n) is 6.26. The van der Waals surface area contributed by atoms with Crippen molar-refractivity contribution in [2.24, 2.45) is 5.41 Å². The van der Waals surface area contributed by atoms with Gasteiger partial charge in [-0.2, -0.15) is 0 Å². The SMILES string of the molecule is CC1(CNC(=O)c2ccc3c(c2)CNCC3)CCC1. The van der Waals surface area contributed by atoms with Crippen LogP contribution in [0.25, 0.3) is 0 Å². The molecule has 0 radical (unpaired) electrons. The second-order valence-corrected chi connectivity index (χ2v) is 6.26. The fraction of sp³-hybridized carbons (Fsp3) is 0.562. The van der Waals surface area contributed by atoms with Crippen LogP contribution in [0.1, 0.15) is 47.7 Å². The predicted octanol–water partition coefficient (Wildman–Crippen LogP) is 2.25. The molecule has 1 aromatic carbocycles. The van der Waals surface area contributed by atoms with Gasteiger partial charge in [0.15, 0.2) is 0 Å². The van der Waals surface area contributed by atoms with Gasteiger partial charge in [-0.05, 0) is 54.5 Å². The van der Waals surface area contributed by atoms with E-state index in [9.17, 15) is 4.79 Å². The number of fused-ring (bicyclic) bond motifs is 1. The van der Waals surface area contributed by atoms with Crippen LogP contribution in [-0.2, 0) is 13.0 Å². The maximum absolute atomic E-state index is 12.2. The van der Waals surface area contributed by atoms with E-state index in [1.807, 2.05) is 12.1 Å². The third kappa shape index (κ3) is 2.66. The molecule has 0 bridgehead atoms. The smallest absolute Gasteiger partial charge is 0.251 e. The van der Waals surface area contributed by atoms with Crippen LogP contribution in [-0.4, -0.2) is 19.0 Å². The van der Waals surface area contributed by atoms with Crippen molar-refractivity contribution in [3.8, 4) is 0 Å². The van der Waals surface area contributed by atoms with E-state index in [0.717, 1.165) is 31.6 Å². The molecule has 3 rings (SSSR count). The molecule has 1 aliphatic carbocycles. The minimum Gasteiger partial charge on any atom is -0.351 e. The second kappa shape index (κ2) is 4.97. The normalized spacial score (nSPS) is 20.3. The van der Waals surface area contributed by atoms with Crippen molar-refractivity contribution < 1.29 is 4.79 Å². The lowest BCUT2D eigenvalue weighted by Gasteiger charge is -2.38. The molecule has 102 valence electrons. The lowest BCUT2D eigenvalue weighted by Crippen LogP contribution is -2.40. The number of benzene rings is 1. The van der Waals surface area contributed by atoms with Gasteiger partial charge in [0.1, 0.15) is 0 Å². The Kier molecular flexibility index (Phi) is 3.31. The van der Waals surface area contributed by atoms with Gasteiger partial charge >= 0.3 is 0 Å². The maximum Gasteiger partial charge on any atom is 0.251 e. The van der Waals surface area contributed by atoms with Crippen LogP contribution in [0.5, 0.6) is 0 Å². The summed E-state index contributed by atoms with van der Waals surface area (Å²) >= 11 is 0. The number of amides is 1. The van der Waals surface area contributed by atoms with Gasteiger partial charge in [0.05, 0.1) is 0 Å². The summed E-state index contributed by atoms with van der Waals surface area (Å²) in [7, 11) is 0. The lowest BCUT2D eigenvalue weighted by atomic mass is 9.70. The molecule has 1 amide bonds. The van der Waals surface area contributed by atoms with Crippen LogP contribution in [0.4, 0.5) is 0 Å². The van der Waals surface area contributed by atoms with Crippen molar-refractivity contribution in [1.82, 2.24) is 10.6 Å². The number of rotatable bonds is 3. The summed E-state index contributed by atoms with van der Waals surface area (Å²) in [6.45, 7) is 4.99. The van der Waals surface area contributed by atoms with Crippen LogP contribution in [0.2, 0.25) is 0 Å². The largest absolute Gasteiger partial charge is 0.351 e. The van der Waals surface area contributed by atoms with Crippen LogP contribution in [0.15, 0.2) is 18.2 Å². The first-order valence-corrected chi connectivity index (χ1v) is 7.27. The molecule has 1 aliphatic heterocycles. The molecule has 1 fully saturated rings. The Morgan fingerprint density at radius 1 is 1.37 bits per heavy atom. The third-order valence-electron chi connectivity index (χ3n) is 4.59. The first-order valence-electron chi connectivity index (χ1n) is 7.27. The van der Waals surface area contributed by atoms with E-state index in [0.29, 0.717) is 5.41 Å². The summed E-state index contributed by atoms with van der Waals surface area (Å²) in [6.07, 6.45) is 4.84. The third-order valence-corrected chi connectivity index (χ3v) is 4.59. The van der Waals surface area contributed by atoms with Crippen molar-refractivity contribution in [2.45, 2.75) is 39.2 Å². The number of carbonyl (C=O) groups is 1. The molecule has 0 aromatic heterocycles. The molecule has 2 N–H and O–H groups in total. The van der Waals surface area contributed by atoms with Crippen molar-refractivity contribution in [1.29, 1.82) is 0 Å². The average Bonchev–Trinajstić information content (AvgIpc) is 2.42. The minimum atomic E-state index is 0.0708. The highest BCUT2D eigenvalue weighted by molar-refractivity contribution is 5.94. The van der Waals surface area contributed by atoms with Crippen LogP contribution in [0.3, 0.4) is 0 Å². The molecule has 0 spiro atoms. The van der Waals surface area contributed by atoms with E-state index in [4.69, 9.17) is 0 Å². The molecule has 0 saturated heterocycles. The molecule has 1 aromatic rings. The monoisotopic (exact) mass is 258 g/mol. The van der Waals surface area contributed by atoms with E-state index < -0.39 is 0 Å². The minimum absolute atomic E-state index is 0.0708. The Labute approximate surface area is 114 Å². The van der Waals surface area contributed by atoms with Crippen LogP contribution in [0, 0.1) is 5.41 Å². The topological polar surface area (TPSA) is 41.1 Å². The van der Waals surface area contributed by atoms with Crippen molar-refractivity contribution in [3.05, 3.63) is 34.9 Å². The summed E-state index contributed by atoms with van der Waals surface area (Å²) in [5, 5.41) is 6.44. The first kappa shape index (κ1) is 12.7. The van der Waals surface area contributed by atoms with Gasteiger partial charge in [-0.3, -0.25) is 4.79 Å². The molecule has 0 atom stereocenters. The molecular formula is C16H22N2O. The molecule has 2 aliphatic rings. The summed E-state index contributed by atoms with van der Waals surface area (Å²) in [5.74, 6) is 0.0708. The van der Waals surface area contributed by atoms with Crippen LogP contribution < -0.4 is 10.6 Å².